The Balaban J connectivity index is 2.66. The lowest BCUT2D eigenvalue weighted by Crippen LogP contribution is -2.47. The summed E-state index contributed by atoms with van der Waals surface area (Å²) in [6.07, 6.45) is 0.962. The fourth-order valence-electron chi connectivity index (χ4n) is 1.17. The second kappa shape index (κ2) is 3.97. The van der Waals surface area contributed by atoms with E-state index >= 15 is 0 Å². The zero-order valence-corrected chi connectivity index (χ0v) is 8.28. The molecule has 0 radical (unpaired) electrons. The smallest absolute Gasteiger partial charge is 0.306 e. The van der Waals surface area contributed by atoms with Crippen molar-refractivity contribution < 1.29 is 26.4 Å². The Kier molecular flexibility index (Phi) is 3.24. The highest BCUT2D eigenvalue weighted by molar-refractivity contribution is 7.90. The van der Waals surface area contributed by atoms with Gasteiger partial charge >= 0.3 is 15.5 Å². The summed E-state index contributed by atoms with van der Waals surface area (Å²) in [5, 5.41) is 2.59. The van der Waals surface area contributed by atoms with E-state index in [1.54, 1.807) is 0 Å². The normalized spacial score (nSPS) is 22.7. The Morgan fingerprint density at radius 3 is 2.40 bits per heavy atom. The molecule has 1 rings (SSSR count). The first kappa shape index (κ1) is 12.2. The summed E-state index contributed by atoms with van der Waals surface area (Å²) < 4.78 is 57.6. The van der Waals surface area contributed by atoms with Crippen molar-refractivity contribution in [1.82, 2.24) is 10.0 Å². The maximum Gasteiger partial charge on any atom is 0.516 e. The van der Waals surface area contributed by atoms with Crippen molar-refractivity contribution in [2.24, 2.45) is 0 Å². The van der Waals surface area contributed by atoms with E-state index in [1.165, 1.54) is 0 Å². The average molecular weight is 246 g/mol. The first-order chi connectivity index (χ1) is 6.74. The summed E-state index contributed by atoms with van der Waals surface area (Å²) in [7, 11) is -5.57. The van der Waals surface area contributed by atoms with Gasteiger partial charge in [-0.15, -0.1) is 0 Å². The number of sulfonamides is 1. The molecule has 5 nitrogen and oxygen atoms in total. The molecule has 0 aromatic heterocycles. The van der Waals surface area contributed by atoms with Crippen molar-refractivity contribution in [2.75, 3.05) is 6.54 Å². The van der Waals surface area contributed by atoms with E-state index in [2.05, 4.69) is 5.32 Å². The molecule has 1 heterocycles. The molecular weight excluding hydrogens is 237 g/mol. The number of halogens is 3. The van der Waals surface area contributed by atoms with Crippen LogP contribution in [-0.4, -0.2) is 32.4 Å². The molecule has 0 unspecified atom stereocenters. The number of hydrogen-bond acceptors (Lipinski definition) is 4. The molecule has 1 aliphatic rings. The molecule has 1 saturated heterocycles. The van der Waals surface area contributed by atoms with E-state index < -0.39 is 27.5 Å². The standard InChI is InChI=1S/C6H9F3N2O3S/c7-6(8,9)15(13,14)11-5(12)4-2-1-3-10-4/h4,10H,1-3H2,(H,11,12)/t4-/m0/s1. The van der Waals surface area contributed by atoms with Gasteiger partial charge < -0.3 is 5.32 Å². The first-order valence-electron chi connectivity index (χ1n) is 4.10. The number of carbonyl (C=O) groups excluding carboxylic acids is 1. The molecular formula is C6H9F3N2O3S. The molecule has 1 atom stereocenters. The summed E-state index contributed by atoms with van der Waals surface area (Å²) in [6.45, 7) is 0.490. The quantitative estimate of drug-likeness (QED) is 0.701. The van der Waals surface area contributed by atoms with Gasteiger partial charge in [0.05, 0.1) is 6.04 Å². The topological polar surface area (TPSA) is 75.3 Å². The lowest BCUT2D eigenvalue weighted by molar-refractivity contribution is -0.121. The van der Waals surface area contributed by atoms with Crippen LogP contribution in [0, 0.1) is 0 Å². The molecule has 0 aliphatic carbocycles. The molecule has 0 bridgehead atoms. The summed E-state index contributed by atoms with van der Waals surface area (Å²) >= 11 is 0. The SMILES string of the molecule is O=C(NS(=O)(=O)C(F)(F)F)[C@@H]1CCCN1. The maximum atomic E-state index is 11.9. The molecule has 0 spiro atoms. The average Bonchev–Trinajstić information content (AvgIpc) is 2.51. The monoisotopic (exact) mass is 246 g/mol. The van der Waals surface area contributed by atoms with Crippen LogP contribution in [-0.2, 0) is 14.8 Å². The van der Waals surface area contributed by atoms with Gasteiger partial charge in [0.1, 0.15) is 0 Å². The van der Waals surface area contributed by atoms with Crippen LogP contribution in [0.2, 0.25) is 0 Å². The predicted molar refractivity (Wildman–Crippen MR) is 44.1 cm³/mol. The van der Waals surface area contributed by atoms with Gasteiger partial charge in [0.25, 0.3) is 5.91 Å². The fraction of sp³-hybridized carbons (Fsp3) is 0.833. The molecule has 0 aromatic carbocycles. The molecule has 1 aliphatic heterocycles. The molecule has 0 aromatic rings. The minimum atomic E-state index is -5.57. The molecule has 15 heavy (non-hydrogen) atoms. The van der Waals surface area contributed by atoms with Crippen LogP contribution in [0.5, 0.6) is 0 Å². The summed E-state index contributed by atoms with van der Waals surface area (Å²) in [4.78, 5) is 11.1. The Morgan fingerprint density at radius 2 is 2.00 bits per heavy atom. The van der Waals surface area contributed by atoms with Crippen molar-refractivity contribution in [3.63, 3.8) is 0 Å². The van der Waals surface area contributed by atoms with Gasteiger partial charge in [0, 0.05) is 0 Å². The van der Waals surface area contributed by atoms with Crippen molar-refractivity contribution in [1.29, 1.82) is 0 Å². The van der Waals surface area contributed by atoms with Gasteiger partial charge in [0.2, 0.25) is 0 Å². The molecule has 88 valence electrons. The zero-order chi connectivity index (χ0) is 11.7. The summed E-state index contributed by atoms with van der Waals surface area (Å²) in [6, 6.07) is -0.859. The van der Waals surface area contributed by atoms with E-state index in [0.717, 1.165) is 4.72 Å². The Labute approximate surface area is 84.1 Å². The molecule has 1 amide bonds. The van der Waals surface area contributed by atoms with Crippen LogP contribution in [0.4, 0.5) is 13.2 Å². The third-order valence-corrected chi connectivity index (χ3v) is 3.00. The molecule has 2 N–H and O–H groups in total. The lowest BCUT2D eigenvalue weighted by Gasteiger charge is -2.12. The highest BCUT2D eigenvalue weighted by Crippen LogP contribution is 2.21. The lowest BCUT2D eigenvalue weighted by atomic mass is 10.2. The number of alkyl halides is 3. The summed E-state index contributed by atoms with van der Waals surface area (Å²) in [5.41, 5.74) is -5.46. The van der Waals surface area contributed by atoms with Crippen LogP contribution >= 0.6 is 0 Å². The predicted octanol–water partition coefficient (Wildman–Crippen LogP) is -0.296. The van der Waals surface area contributed by atoms with Crippen molar-refractivity contribution in [2.45, 2.75) is 24.4 Å². The number of amides is 1. The second-order valence-corrected chi connectivity index (χ2v) is 4.74. The third-order valence-electron chi connectivity index (χ3n) is 1.92. The van der Waals surface area contributed by atoms with Gasteiger partial charge in [-0.1, -0.05) is 0 Å². The van der Waals surface area contributed by atoms with Crippen LogP contribution in [0.1, 0.15) is 12.8 Å². The summed E-state index contributed by atoms with van der Waals surface area (Å²) in [5.74, 6) is -1.16. The Bertz CT molecular complexity index is 345. The Morgan fingerprint density at radius 1 is 1.40 bits per heavy atom. The van der Waals surface area contributed by atoms with E-state index in [9.17, 15) is 26.4 Å². The zero-order valence-electron chi connectivity index (χ0n) is 7.47. The van der Waals surface area contributed by atoms with Gasteiger partial charge in [0.15, 0.2) is 0 Å². The molecule has 0 saturated carbocycles. The second-order valence-electron chi connectivity index (χ2n) is 3.06. The number of hydrogen-bond donors (Lipinski definition) is 2. The van der Waals surface area contributed by atoms with E-state index in [4.69, 9.17) is 0 Å². The van der Waals surface area contributed by atoms with Gasteiger partial charge in [-0.05, 0) is 19.4 Å². The van der Waals surface area contributed by atoms with Crippen LogP contribution < -0.4 is 10.0 Å². The van der Waals surface area contributed by atoms with Gasteiger partial charge in [-0.3, -0.25) is 4.79 Å². The molecule has 1 fully saturated rings. The number of nitrogens with one attached hydrogen (secondary N) is 2. The van der Waals surface area contributed by atoms with Crippen molar-refractivity contribution >= 4 is 15.9 Å². The maximum absolute atomic E-state index is 11.9. The largest absolute Gasteiger partial charge is 0.516 e. The highest BCUT2D eigenvalue weighted by atomic mass is 32.2. The van der Waals surface area contributed by atoms with Crippen LogP contribution in [0.25, 0.3) is 0 Å². The van der Waals surface area contributed by atoms with Crippen LogP contribution in [0.3, 0.4) is 0 Å². The number of rotatable bonds is 2. The number of carbonyl (C=O) groups is 1. The van der Waals surface area contributed by atoms with Crippen LogP contribution in [0.15, 0.2) is 0 Å². The highest BCUT2D eigenvalue weighted by Gasteiger charge is 2.47. The van der Waals surface area contributed by atoms with Gasteiger partial charge in [-0.2, -0.15) is 21.6 Å². The van der Waals surface area contributed by atoms with Gasteiger partial charge in [-0.25, -0.2) is 4.72 Å². The molecule has 9 heteroatoms. The van der Waals surface area contributed by atoms with E-state index in [1.807, 2.05) is 0 Å². The van der Waals surface area contributed by atoms with E-state index in [0.29, 0.717) is 19.4 Å². The third kappa shape index (κ3) is 2.81. The van der Waals surface area contributed by atoms with E-state index in [-0.39, 0.29) is 0 Å². The van der Waals surface area contributed by atoms with Crippen molar-refractivity contribution in [3.05, 3.63) is 0 Å². The minimum absolute atomic E-state index is 0.333. The first-order valence-corrected chi connectivity index (χ1v) is 5.58. The van der Waals surface area contributed by atoms with Crippen molar-refractivity contribution in [3.8, 4) is 0 Å². The fourth-order valence-corrected chi connectivity index (χ4v) is 1.69. The Hall–Kier alpha value is -0.830. The minimum Gasteiger partial charge on any atom is -0.306 e.